The van der Waals surface area contributed by atoms with Crippen molar-refractivity contribution in [1.82, 2.24) is 4.98 Å². The molecule has 2 aromatic carbocycles. The van der Waals surface area contributed by atoms with Crippen molar-refractivity contribution in [2.45, 2.75) is 6.92 Å². The predicted molar refractivity (Wildman–Crippen MR) is 78.3 cm³/mol. The fraction of sp³-hybridized carbons (Fsp3) is 0.0588. The molecular formula is C17H13NO2. The zero-order valence-corrected chi connectivity index (χ0v) is 11.0. The van der Waals surface area contributed by atoms with Crippen molar-refractivity contribution in [2.24, 2.45) is 0 Å². The minimum Gasteiger partial charge on any atom is -0.439 e. The number of carbonyl (C=O) groups excluding carboxylic acids is 1. The van der Waals surface area contributed by atoms with E-state index in [0.717, 1.165) is 10.8 Å². The fourth-order valence-corrected chi connectivity index (χ4v) is 2.04. The zero-order valence-electron chi connectivity index (χ0n) is 11.0. The summed E-state index contributed by atoms with van der Waals surface area (Å²) in [5, 5.41) is 2.26. The van der Waals surface area contributed by atoms with Crippen molar-refractivity contribution in [1.29, 1.82) is 0 Å². The van der Waals surface area contributed by atoms with Crippen LogP contribution in [-0.4, -0.2) is 10.8 Å². The lowest BCUT2D eigenvalue weighted by Crippen LogP contribution is -1.94. The van der Waals surface area contributed by atoms with E-state index in [0.29, 0.717) is 17.2 Å². The summed E-state index contributed by atoms with van der Waals surface area (Å²) in [6, 6.07) is 17.2. The zero-order chi connectivity index (χ0) is 13.9. The van der Waals surface area contributed by atoms with Crippen LogP contribution < -0.4 is 4.74 Å². The van der Waals surface area contributed by atoms with Crippen LogP contribution in [0, 0.1) is 0 Å². The van der Waals surface area contributed by atoms with Crippen LogP contribution in [0.4, 0.5) is 0 Å². The molecule has 1 aromatic heterocycles. The van der Waals surface area contributed by atoms with Crippen LogP contribution in [0.3, 0.4) is 0 Å². The van der Waals surface area contributed by atoms with Crippen LogP contribution >= 0.6 is 0 Å². The van der Waals surface area contributed by atoms with Gasteiger partial charge in [-0.25, -0.2) is 4.98 Å². The molecule has 3 aromatic rings. The summed E-state index contributed by atoms with van der Waals surface area (Å²) < 4.78 is 5.71. The van der Waals surface area contributed by atoms with Gasteiger partial charge in [0.15, 0.2) is 5.78 Å². The first kappa shape index (κ1) is 12.4. The Labute approximate surface area is 116 Å². The van der Waals surface area contributed by atoms with Crippen LogP contribution in [0.2, 0.25) is 0 Å². The van der Waals surface area contributed by atoms with E-state index in [-0.39, 0.29) is 5.78 Å². The molecule has 0 fully saturated rings. The van der Waals surface area contributed by atoms with Crippen molar-refractivity contribution >= 4 is 16.6 Å². The van der Waals surface area contributed by atoms with Crippen LogP contribution in [0.15, 0.2) is 60.8 Å². The third-order valence-corrected chi connectivity index (χ3v) is 3.08. The Morgan fingerprint density at radius 2 is 1.80 bits per heavy atom. The van der Waals surface area contributed by atoms with Crippen molar-refractivity contribution in [3.63, 3.8) is 0 Å². The summed E-state index contributed by atoms with van der Waals surface area (Å²) >= 11 is 0. The molecular weight excluding hydrogens is 250 g/mol. The number of rotatable bonds is 3. The number of fused-ring (bicyclic) bond motifs is 1. The Kier molecular flexibility index (Phi) is 3.17. The predicted octanol–water partition coefficient (Wildman–Crippen LogP) is 4.23. The first-order valence-electron chi connectivity index (χ1n) is 6.36. The number of hydrogen-bond acceptors (Lipinski definition) is 3. The van der Waals surface area contributed by atoms with Gasteiger partial charge in [0.2, 0.25) is 5.88 Å². The third-order valence-electron chi connectivity index (χ3n) is 3.08. The molecule has 0 radical (unpaired) electrons. The quantitative estimate of drug-likeness (QED) is 0.664. The smallest absolute Gasteiger partial charge is 0.219 e. The van der Waals surface area contributed by atoms with E-state index in [4.69, 9.17) is 4.74 Å². The number of nitrogens with zero attached hydrogens (tertiary/aromatic N) is 1. The Hall–Kier alpha value is -2.68. The molecule has 0 unspecified atom stereocenters. The molecule has 0 aliphatic rings. The summed E-state index contributed by atoms with van der Waals surface area (Å²) in [5.41, 5.74) is 0.593. The number of ketones is 1. The second-order valence-electron chi connectivity index (χ2n) is 4.55. The average molecular weight is 263 g/mol. The van der Waals surface area contributed by atoms with Crippen molar-refractivity contribution < 1.29 is 9.53 Å². The van der Waals surface area contributed by atoms with Crippen molar-refractivity contribution in [3.05, 3.63) is 66.4 Å². The van der Waals surface area contributed by atoms with Crippen LogP contribution in [-0.2, 0) is 0 Å². The Balaban J connectivity index is 1.92. The lowest BCUT2D eigenvalue weighted by Gasteiger charge is -2.06. The Bertz CT molecular complexity index is 781. The second-order valence-corrected chi connectivity index (χ2v) is 4.55. The summed E-state index contributed by atoms with van der Waals surface area (Å²) in [7, 11) is 0. The van der Waals surface area contributed by atoms with Gasteiger partial charge in [0.25, 0.3) is 0 Å². The number of pyridine rings is 1. The largest absolute Gasteiger partial charge is 0.439 e. The molecule has 0 atom stereocenters. The maximum Gasteiger partial charge on any atom is 0.219 e. The second kappa shape index (κ2) is 5.13. The standard InChI is InChI=1S/C17H13NO2/c1-12(19)14-8-9-18-17(11-14)20-16-7-6-13-4-2-3-5-15(13)10-16/h2-11H,1H3. The van der Waals surface area contributed by atoms with E-state index < -0.39 is 0 Å². The van der Waals surface area contributed by atoms with Crippen LogP contribution in [0.1, 0.15) is 17.3 Å². The summed E-state index contributed by atoms with van der Waals surface area (Å²) in [6.45, 7) is 1.52. The van der Waals surface area contributed by atoms with E-state index in [1.165, 1.54) is 6.92 Å². The molecule has 0 aliphatic heterocycles. The van der Waals surface area contributed by atoms with Crippen molar-refractivity contribution in [2.75, 3.05) is 0 Å². The fourth-order valence-electron chi connectivity index (χ4n) is 2.04. The highest BCUT2D eigenvalue weighted by Crippen LogP contribution is 2.24. The lowest BCUT2D eigenvalue weighted by molar-refractivity contribution is 0.101. The summed E-state index contributed by atoms with van der Waals surface area (Å²) in [5.74, 6) is 1.13. The first-order valence-corrected chi connectivity index (χ1v) is 6.36. The highest BCUT2D eigenvalue weighted by Gasteiger charge is 2.04. The monoisotopic (exact) mass is 263 g/mol. The molecule has 98 valence electrons. The molecule has 0 saturated carbocycles. The van der Waals surface area contributed by atoms with E-state index >= 15 is 0 Å². The van der Waals surface area contributed by atoms with Gasteiger partial charge in [0, 0.05) is 17.8 Å². The number of hydrogen-bond donors (Lipinski definition) is 0. The first-order chi connectivity index (χ1) is 9.72. The topological polar surface area (TPSA) is 39.2 Å². The Morgan fingerprint density at radius 1 is 1.00 bits per heavy atom. The minimum absolute atomic E-state index is 0.00392. The van der Waals surface area contributed by atoms with Gasteiger partial charge in [-0.15, -0.1) is 0 Å². The lowest BCUT2D eigenvalue weighted by atomic mass is 10.1. The van der Waals surface area contributed by atoms with Gasteiger partial charge in [-0.1, -0.05) is 30.3 Å². The van der Waals surface area contributed by atoms with Gasteiger partial charge in [-0.05, 0) is 35.9 Å². The van der Waals surface area contributed by atoms with Gasteiger partial charge in [0.05, 0.1) is 0 Å². The van der Waals surface area contributed by atoms with E-state index in [9.17, 15) is 4.79 Å². The molecule has 20 heavy (non-hydrogen) atoms. The van der Waals surface area contributed by atoms with Gasteiger partial charge in [-0.3, -0.25) is 4.79 Å². The molecule has 0 amide bonds. The summed E-state index contributed by atoms with van der Waals surface area (Å²) in [6.07, 6.45) is 1.58. The molecule has 3 heteroatoms. The van der Waals surface area contributed by atoms with Gasteiger partial charge >= 0.3 is 0 Å². The maximum absolute atomic E-state index is 11.3. The molecule has 0 N–H and O–H groups in total. The molecule has 0 saturated heterocycles. The highest BCUT2D eigenvalue weighted by molar-refractivity contribution is 5.94. The minimum atomic E-state index is -0.00392. The van der Waals surface area contributed by atoms with Crippen LogP contribution in [0.5, 0.6) is 11.6 Å². The highest BCUT2D eigenvalue weighted by atomic mass is 16.5. The van der Waals surface area contributed by atoms with Gasteiger partial charge in [-0.2, -0.15) is 0 Å². The molecule has 3 rings (SSSR count). The van der Waals surface area contributed by atoms with E-state index in [2.05, 4.69) is 4.98 Å². The van der Waals surface area contributed by atoms with E-state index in [1.54, 1.807) is 18.3 Å². The molecule has 3 nitrogen and oxygen atoms in total. The van der Waals surface area contributed by atoms with E-state index in [1.807, 2.05) is 42.5 Å². The molecule has 0 aliphatic carbocycles. The molecule has 1 heterocycles. The number of ether oxygens (including phenoxy) is 1. The Morgan fingerprint density at radius 3 is 2.60 bits per heavy atom. The molecule has 0 spiro atoms. The molecule has 0 bridgehead atoms. The average Bonchev–Trinajstić information content (AvgIpc) is 2.47. The number of carbonyl (C=O) groups is 1. The van der Waals surface area contributed by atoms with Crippen LogP contribution in [0.25, 0.3) is 10.8 Å². The maximum atomic E-state index is 11.3. The third kappa shape index (κ3) is 2.52. The number of aromatic nitrogens is 1. The number of Topliss-reactive ketones (excluding diaryl/α,β-unsaturated/α-hetero) is 1. The van der Waals surface area contributed by atoms with Crippen molar-refractivity contribution in [3.8, 4) is 11.6 Å². The van der Waals surface area contributed by atoms with Gasteiger partial charge < -0.3 is 4.74 Å². The normalized spacial score (nSPS) is 10.4. The SMILES string of the molecule is CC(=O)c1ccnc(Oc2ccc3ccccc3c2)c1. The summed E-state index contributed by atoms with van der Waals surface area (Å²) in [4.78, 5) is 15.5. The number of benzene rings is 2. The van der Waals surface area contributed by atoms with Gasteiger partial charge in [0.1, 0.15) is 5.75 Å².